The van der Waals surface area contributed by atoms with Crippen molar-refractivity contribution in [1.82, 2.24) is 29.9 Å². The second-order valence-electron chi connectivity index (χ2n) is 17.6. The Morgan fingerprint density at radius 3 is 1.36 bits per heavy atom. The van der Waals surface area contributed by atoms with Crippen molar-refractivity contribution >= 4 is 136 Å². The Kier molecular flexibility index (Phi) is 23.9. The van der Waals surface area contributed by atoms with Gasteiger partial charge in [-0.25, -0.2) is 19.6 Å². The molecule has 4 amide bonds. The Labute approximate surface area is 502 Å². The van der Waals surface area contributed by atoms with Crippen LogP contribution >= 0.6 is 89.6 Å². The van der Waals surface area contributed by atoms with Crippen molar-refractivity contribution in [2.24, 2.45) is 0 Å². The number of fused-ring (bicyclic) bond motifs is 8. The predicted octanol–water partition coefficient (Wildman–Crippen LogP) is 8.02. The molecule has 6 aromatic rings. The lowest BCUT2D eigenvalue weighted by Crippen LogP contribution is -2.48. The summed E-state index contributed by atoms with van der Waals surface area (Å²) in [4.78, 5) is 59.3. The van der Waals surface area contributed by atoms with Crippen LogP contribution in [0, 0.1) is 0 Å². The maximum Gasteiger partial charge on any atom is 0.416 e. The normalized spacial score (nSPS) is 16.2. The minimum atomic E-state index is -4.54. The van der Waals surface area contributed by atoms with E-state index in [1.54, 1.807) is 12.1 Å². The second kappa shape index (κ2) is 28.5. The van der Waals surface area contributed by atoms with E-state index < -0.39 is 61.0 Å². The Balaban J connectivity index is 0.000000328. The number of rotatable bonds is 12. The predicted molar refractivity (Wildman–Crippen MR) is 314 cm³/mol. The largest absolute Gasteiger partial charge is 0.474 e. The lowest BCUT2D eigenvalue weighted by atomic mass is 10.1. The molecule has 8 heterocycles. The van der Waals surface area contributed by atoms with E-state index in [9.17, 15) is 46.1 Å². The molecule has 440 valence electrons. The first-order valence-corrected chi connectivity index (χ1v) is 24.0. The van der Waals surface area contributed by atoms with E-state index in [1.165, 1.54) is 58.9 Å². The zero-order valence-electron chi connectivity index (χ0n) is 41.8. The van der Waals surface area contributed by atoms with Crippen LogP contribution in [0.4, 0.5) is 70.6 Å². The number of ether oxygens (including phenoxy) is 2. The average Bonchev–Trinajstić information content (AvgIpc) is 4.03. The summed E-state index contributed by atoms with van der Waals surface area (Å²) in [5, 5.41) is 42.4. The summed E-state index contributed by atoms with van der Waals surface area (Å²) in [5.74, 6) is 0.718. The van der Waals surface area contributed by atoms with Crippen LogP contribution in [0.5, 0.6) is 11.8 Å². The monoisotopic (exact) mass is 1270 g/mol. The van der Waals surface area contributed by atoms with Gasteiger partial charge in [-0.3, -0.25) is 30.4 Å². The molecule has 6 N–H and O–H groups in total. The molecule has 0 saturated carbocycles. The molecule has 0 spiro atoms. The van der Waals surface area contributed by atoms with Gasteiger partial charge in [0.15, 0.2) is 23.3 Å². The third kappa shape index (κ3) is 15.5. The van der Waals surface area contributed by atoms with Gasteiger partial charge in [0.2, 0.25) is 11.8 Å². The Bertz CT molecular complexity index is 2950. The summed E-state index contributed by atoms with van der Waals surface area (Å²) in [6, 6.07) is 11.0. The Hall–Kier alpha value is -5.67. The number of aromatic nitrogens is 6. The van der Waals surface area contributed by atoms with E-state index in [0.717, 1.165) is 24.3 Å². The number of urea groups is 2. The fourth-order valence-electron chi connectivity index (χ4n) is 8.83. The van der Waals surface area contributed by atoms with Crippen molar-refractivity contribution in [3.8, 4) is 34.3 Å². The third-order valence-electron chi connectivity index (χ3n) is 12.4. The van der Waals surface area contributed by atoms with Gasteiger partial charge >= 0.3 is 24.4 Å². The fraction of sp³-hybridized carbons (Fsp3) is 0.333. The van der Waals surface area contributed by atoms with E-state index in [1.807, 2.05) is 9.80 Å². The minimum absolute atomic E-state index is 0. The van der Waals surface area contributed by atoms with Gasteiger partial charge in [0.05, 0.1) is 94.0 Å². The average molecular weight is 1270 g/mol. The number of nitrogens with zero attached hydrogens (tertiary/aromatic N) is 10. The number of nitrogens with one attached hydrogen (secondary N) is 2. The molecule has 0 aliphatic carbocycles. The number of hydrogen-bond donors (Lipinski definition) is 6. The summed E-state index contributed by atoms with van der Waals surface area (Å²) in [7, 11) is 0. The van der Waals surface area contributed by atoms with Gasteiger partial charge in [0, 0.05) is 37.3 Å². The molecular weight excluding hydrogens is 1220 g/mol. The van der Waals surface area contributed by atoms with Crippen LogP contribution in [0.25, 0.3) is 22.5 Å². The topological polar surface area (TPSA) is 248 Å². The molecular formula is C48H53Cl3F6N12O8S4. The number of carbonyl (C=O) groups excluding carboxylic acids is 2. The maximum absolute atomic E-state index is 13.5. The van der Waals surface area contributed by atoms with Gasteiger partial charge < -0.3 is 39.7 Å². The zero-order chi connectivity index (χ0) is 54.1. The summed E-state index contributed by atoms with van der Waals surface area (Å²) >= 11 is 13.0. The number of anilines is 6. The summed E-state index contributed by atoms with van der Waals surface area (Å²) in [5.41, 5.74) is 0.0891. The first-order chi connectivity index (χ1) is 36.3. The van der Waals surface area contributed by atoms with Gasteiger partial charge in [-0.15, -0.1) is 12.4 Å². The molecule has 0 unspecified atom stereocenters. The molecule has 2 saturated heterocycles. The molecule has 2 fully saturated rings. The number of hydrogen-bond acceptors (Lipinski definition) is 16. The van der Waals surface area contributed by atoms with E-state index in [2.05, 4.69) is 40.5 Å². The molecule has 4 aliphatic heterocycles. The summed E-state index contributed by atoms with van der Waals surface area (Å²) in [6.07, 6.45) is -4.80. The van der Waals surface area contributed by atoms with Crippen LogP contribution in [0.15, 0.2) is 85.5 Å². The van der Waals surface area contributed by atoms with Crippen LogP contribution in [0.1, 0.15) is 24.0 Å². The molecule has 4 bridgehead atoms. The fourth-order valence-corrected chi connectivity index (χ4v) is 9.34. The van der Waals surface area contributed by atoms with Crippen molar-refractivity contribution in [3.05, 3.63) is 107 Å². The highest BCUT2D eigenvalue weighted by Crippen LogP contribution is 2.46. The number of alkyl halides is 6. The highest BCUT2D eigenvalue weighted by molar-refractivity contribution is 7.59. The van der Waals surface area contributed by atoms with Crippen molar-refractivity contribution in [2.75, 3.05) is 82.8 Å². The van der Waals surface area contributed by atoms with Crippen LogP contribution in [0.3, 0.4) is 0 Å². The SMILES string of the molecule is Cl.O=C(Nc1cncc(OC[C@@H](O)CO)n1)N1c2nc(-c3cccc(C(F)(F)F)c3)c(Cl)cc2N2CC[C@H]1C2.O=C(Nc1cncc(OC[C@@H](O)CO)n1)N1c2nc(-c3cccc(C(F)(F)F)c3)c(Cl)cc2N2CC[C@H]1C2.S.S.S.S. The number of aliphatic hydroxyl groups excluding tert-OH is 4. The van der Waals surface area contributed by atoms with Crippen molar-refractivity contribution in [3.63, 3.8) is 0 Å². The quantitative estimate of drug-likeness (QED) is 0.0635. The van der Waals surface area contributed by atoms with E-state index in [0.29, 0.717) is 50.4 Å². The second-order valence-corrected chi connectivity index (χ2v) is 18.5. The molecule has 4 aliphatic rings. The lowest BCUT2D eigenvalue weighted by molar-refractivity contribution is -0.138. The zero-order valence-corrected chi connectivity index (χ0v) is 48.1. The number of halogens is 9. The standard InChI is InChI=1S/2C24H22ClF3N6O4.ClH.4H2S/c2*25-17-7-18-22(32-21(17)13-2-1-3-14(6-13)24(26,27)28)34(15-4-5-33(18)10-15)23(37)31-19-8-29-9-20(30-19)38-12-16(36)11-35;;;;;/h2*1-3,6-9,15-16,35-36H,4-5,10-12H2,(H,30,31,37);1H;4*1H2/t2*15-,16-;;;;;/m00...../s1. The molecule has 81 heavy (non-hydrogen) atoms. The molecule has 0 radical (unpaired) electrons. The van der Waals surface area contributed by atoms with Gasteiger partial charge in [-0.1, -0.05) is 47.5 Å². The highest BCUT2D eigenvalue weighted by atomic mass is 35.5. The number of aliphatic hydroxyl groups is 4. The molecule has 33 heteroatoms. The van der Waals surface area contributed by atoms with E-state index >= 15 is 0 Å². The molecule has 4 aromatic heterocycles. The molecule has 2 aromatic carbocycles. The third-order valence-corrected chi connectivity index (χ3v) is 13.0. The van der Waals surface area contributed by atoms with E-state index in [-0.39, 0.29) is 159 Å². The van der Waals surface area contributed by atoms with E-state index in [4.69, 9.17) is 42.9 Å². The van der Waals surface area contributed by atoms with Crippen molar-refractivity contribution < 1.29 is 65.8 Å². The van der Waals surface area contributed by atoms with Gasteiger partial charge in [0.25, 0.3) is 0 Å². The number of benzene rings is 2. The van der Waals surface area contributed by atoms with Gasteiger partial charge in [-0.05, 0) is 49.2 Å². The van der Waals surface area contributed by atoms with Gasteiger partial charge in [-0.2, -0.15) is 90.3 Å². The lowest BCUT2D eigenvalue weighted by Gasteiger charge is -2.36. The first-order valence-electron chi connectivity index (χ1n) is 23.2. The molecule has 20 nitrogen and oxygen atoms in total. The minimum Gasteiger partial charge on any atom is -0.474 e. The number of amides is 4. The van der Waals surface area contributed by atoms with Gasteiger partial charge in [0.1, 0.15) is 25.4 Å². The maximum atomic E-state index is 13.5. The summed E-state index contributed by atoms with van der Waals surface area (Å²) in [6.45, 7) is 0.958. The summed E-state index contributed by atoms with van der Waals surface area (Å²) < 4.78 is 90.4. The first kappa shape index (κ1) is 67.8. The highest BCUT2D eigenvalue weighted by Gasteiger charge is 2.43. The smallest absolute Gasteiger partial charge is 0.416 e. The number of pyridine rings is 2. The number of carbonyl (C=O) groups is 2. The van der Waals surface area contributed by atoms with Crippen LogP contribution in [0.2, 0.25) is 10.0 Å². The van der Waals surface area contributed by atoms with Crippen LogP contribution in [-0.4, -0.2) is 139 Å². The Morgan fingerprint density at radius 2 is 1.00 bits per heavy atom. The Morgan fingerprint density at radius 1 is 0.617 bits per heavy atom. The van der Waals surface area contributed by atoms with Crippen LogP contribution in [-0.2, 0) is 12.4 Å². The van der Waals surface area contributed by atoms with Crippen LogP contribution < -0.4 is 39.7 Å². The van der Waals surface area contributed by atoms with Crippen molar-refractivity contribution in [2.45, 2.75) is 49.5 Å². The molecule has 10 rings (SSSR count). The molecule has 4 atom stereocenters. The van der Waals surface area contributed by atoms with Crippen molar-refractivity contribution in [1.29, 1.82) is 0 Å².